The van der Waals surface area contributed by atoms with Crippen LogP contribution in [0.3, 0.4) is 0 Å². The van der Waals surface area contributed by atoms with E-state index in [0.717, 1.165) is 0 Å². The lowest BCUT2D eigenvalue weighted by atomic mass is 9.61. The normalized spacial score (nSPS) is 30.1. The van der Waals surface area contributed by atoms with Gasteiger partial charge in [0.15, 0.2) is 17.2 Å². The molecule has 6 aromatic heterocycles. The number of hydrogen-bond acceptors (Lipinski definition) is 23. The van der Waals surface area contributed by atoms with Crippen LogP contribution in [0, 0.1) is 35.5 Å². The van der Waals surface area contributed by atoms with Crippen molar-refractivity contribution in [2.24, 2.45) is 35.5 Å². The van der Waals surface area contributed by atoms with Crippen LogP contribution in [0.2, 0.25) is 0 Å². The fourth-order valence-electron chi connectivity index (χ4n) is 14.4. The van der Waals surface area contributed by atoms with Gasteiger partial charge in [0, 0.05) is 91.8 Å². The minimum atomic E-state index is -1.20. The molecule has 0 aromatic carbocycles. The molecule has 0 unspecified atom stereocenters. The average molecular weight is 1280 g/mol. The van der Waals surface area contributed by atoms with Gasteiger partial charge in [0.25, 0.3) is 0 Å². The number of aliphatic hydroxyl groups excluding tert-OH is 2. The van der Waals surface area contributed by atoms with Crippen LogP contribution in [0.25, 0.3) is 34.0 Å². The van der Waals surface area contributed by atoms with Crippen molar-refractivity contribution < 1.29 is 81.6 Å². The lowest BCUT2D eigenvalue weighted by Gasteiger charge is -2.54. The first-order valence-corrected chi connectivity index (χ1v) is 31.6. The first-order chi connectivity index (χ1) is 43.8. The van der Waals surface area contributed by atoms with Gasteiger partial charge >= 0.3 is 28.8 Å². The maximum absolute atomic E-state index is 13.5. The number of aromatic nitrogens is 3. The summed E-state index contributed by atoms with van der Waals surface area (Å²) in [5, 5.41) is 54.7. The molecule has 3 fully saturated rings. The number of rotatable bonds is 11. The van der Waals surface area contributed by atoms with Crippen LogP contribution in [0.5, 0.6) is 17.2 Å². The van der Waals surface area contributed by atoms with Gasteiger partial charge in [0.1, 0.15) is 74.6 Å². The number of pyridine rings is 3. The number of carbonyl (C=O) groups excluding carboxylic acids is 4. The van der Waals surface area contributed by atoms with Gasteiger partial charge in [-0.3, -0.25) is 34.1 Å². The number of Topliss-reactive ketones (excluding diaryl/α,β-unsaturated/α-hetero) is 2. The lowest BCUT2D eigenvalue weighted by molar-refractivity contribution is -0.204. The molecule has 93 heavy (non-hydrogen) atoms. The number of fused-ring (bicyclic) bond motifs is 6. The molecule has 6 aromatic rings. The topological polar surface area (TPSA) is 345 Å². The van der Waals surface area contributed by atoms with Crippen LogP contribution in [-0.4, -0.2) is 116 Å². The summed E-state index contributed by atoms with van der Waals surface area (Å²) in [6, 6.07) is 14.9. The largest absolute Gasteiger partial charge is 0.483 e. The zero-order valence-corrected chi connectivity index (χ0v) is 54.0. The minimum Gasteiger partial charge on any atom is -0.483 e. The molecule has 3 aliphatic heterocycles. The molecule has 12 rings (SSSR count). The van der Waals surface area contributed by atoms with Crippen molar-refractivity contribution in [2.45, 2.75) is 192 Å². The summed E-state index contributed by atoms with van der Waals surface area (Å²) in [6.45, 7) is 18.6. The summed E-state index contributed by atoms with van der Waals surface area (Å²) in [5.41, 5.74) is -7.30. The van der Waals surface area contributed by atoms with Crippen LogP contribution in [-0.2, 0) is 19.1 Å². The molecular formula is C70H81N3O20. The quantitative estimate of drug-likeness (QED) is 0.0756. The van der Waals surface area contributed by atoms with Crippen molar-refractivity contribution in [3.05, 3.63) is 140 Å². The second-order valence-corrected chi connectivity index (χ2v) is 26.8. The van der Waals surface area contributed by atoms with Crippen LogP contribution in [0.4, 0.5) is 0 Å². The van der Waals surface area contributed by atoms with Crippen molar-refractivity contribution in [3.8, 4) is 51.2 Å². The molecular weight excluding hydrogens is 1200 g/mol. The molecule has 0 saturated heterocycles. The Morgan fingerprint density at radius 2 is 0.892 bits per heavy atom. The van der Waals surface area contributed by atoms with Crippen LogP contribution in [0.1, 0.15) is 166 Å². The Labute approximate surface area is 536 Å². The molecule has 9 heterocycles. The SMILES string of the molecule is CC[C@](C)(O)[C@@H]1C[C@@H]2C(=O)c3c(cc(-c4cccnc4)oc3=O)O[C@@]2(C)[C@H](OC(C)=O)C1.CC[C@](C)(O)[C@@H]1C[C@@H]2[C@@H](O)c3c(cc(-c4cccnc4)oc3=O)O[C@@]2(C)[C@H](OC(C)=O)C1.CC[C@](C)(O)[C@H]1C[C@@H](O)[C@]2(C)Oc3cc(-c4cccnc4)oc(=O)c3C(=O)[C@@H]2C1. The third-order valence-electron chi connectivity index (χ3n) is 21.0. The van der Waals surface area contributed by atoms with Crippen molar-refractivity contribution >= 4 is 23.5 Å². The van der Waals surface area contributed by atoms with E-state index < -0.39 is 116 Å². The summed E-state index contributed by atoms with van der Waals surface area (Å²) >= 11 is 0. The highest BCUT2D eigenvalue weighted by Crippen LogP contribution is 2.55. The Kier molecular flexibility index (Phi) is 18.6. The average Bonchev–Trinajstić information content (AvgIpc) is 0.739. The monoisotopic (exact) mass is 1280 g/mol. The first kappa shape index (κ1) is 67.7. The number of aliphatic hydroxyl groups is 5. The third-order valence-corrected chi connectivity index (χ3v) is 21.0. The molecule has 5 N–H and O–H groups in total. The lowest BCUT2D eigenvalue weighted by Crippen LogP contribution is -2.63. The molecule has 23 heteroatoms. The highest BCUT2D eigenvalue weighted by molar-refractivity contribution is 6.03. The minimum absolute atomic E-state index is 0.0403. The van der Waals surface area contributed by atoms with Crippen molar-refractivity contribution in [2.75, 3.05) is 0 Å². The Hall–Kier alpha value is -8.22. The second kappa shape index (κ2) is 25.6. The van der Waals surface area contributed by atoms with Gasteiger partial charge in [-0.2, -0.15) is 0 Å². The van der Waals surface area contributed by atoms with Crippen molar-refractivity contribution in [3.63, 3.8) is 0 Å². The van der Waals surface area contributed by atoms with Crippen LogP contribution >= 0.6 is 0 Å². The predicted molar refractivity (Wildman–Crippen MR) is 334 cm³/mol. The van der Waals surface area contributed by atoms with Crippen molar-refractivity contribution in [1.29, 1.82) is 0 Å². The molecule has 6 aliphatic rings. The number of carbonyl (C=O) groups is 4. The number of hydrogen-bond donors (Lipinski definition) is 5. The number of esters is 2. The third kappa shape index (κ3) is 12.7. The van der Waals surface area contributed by atoms with E-state index in [4.69, 9.17) is 36.9 Å². The van der Waals surface area contributed by atoms with Crippen LogP contribution in [0.15, 0.2) is 119 Å². The van der Waals surface area contributed by atoms with E-state index in [1.165, 1.54) is 26.0 Å². The molecule has 16 atom stereocenters. The maximum atomic E-state index is 13.5. The number of ether oxygens (including phenoxy) is 5. The van der Waals surface area contributed by atoms with E-state index in [-0.39, 0.29) is 69.0 Å². The zero-order chi connectivity index (χ0) is 67.5. The Balaban J connectivity index is 0.000000153. The van der Waals surface area contributed by atoms with Crippen molar-refractivity contribution in [1.82, 2.24) is 15.0 Å². The van der Waals surface area contributed by atoms with E-state index >= 15 is 0 Å². The van der Waals surface area contributed by atoms with Gasteiger partial charge in [-0.25, -0.2) is 14.4 Å². The van der Waals surface area contributed by atoms with Crippen LogP contribution < -0.4 is 31.1 Å². The smallest absolute Gasteiger partial charge is 0.351 e. The number of nitrogens with zero attached hydrogens (tertiary/aromatic N) is 3. The molecule has 0 radical (unpaired) electrons. The van der Waals surface area contributed by atoms with E-state index in [1.54, 1.807) is 121 Å². The summed E-state index contributed by atoms with van der Waals surface area (Å²) in [4.78, 5) is 101. The Morgan fingerprint density at radius 3 is 1.30 bits per heavy atom. The van der Waals surface area contributed by atoms with E-state index in [2.05, 4.69) is 15.0 Å². The molecule has 496 valence electrons. The standard InChI is InChI=1S/C24H29NO7.C24H27NO7.C22H25NO6/c2*1-5-23(3,29)15-9-16-21(27)20-18(32-24(16,4)19(10-15)30-13(2)26)11-17(31-22(20)28)14-7-6-8-25-12-14;1-4-21(2,27)13-8-14-19(25)18-16(29-22(14,3)17(24)9-13)10-15(28-20(18)26)12-6-5-7-23-11-12/h6-8,11-12,15-16,19,21,27,29H,5,9-10H2,1-4H3;6-8,11-12,15-16,19,29H,5,9-10H2,1-4H3;5-7,10-11,13-14,17,24,27H,4,8-9H2,1-3H3/t15-,16-,19-,21-,23+,24-;15-,16-,19-,23+,24-;13-,14+,17-,21+,22-/m111/s1. The van der Waals surface area contributed by atoms with Gasteiger partial charge in [-0.15, -0.1) is 0 Å². The van der Waals surface area contributed by atoms with Gasteiger partial charge in [0.05, 0.1) is 40.8 Å². The van der Waals surface area contributed by atoms with E-state index in [1.807, 2.05) is 20.8 Å². The molecule has 3 aliphatic carbocycles. The predicted octanol–water partition coefficient (Wildman–Crippen LogP) is 8.74. The highest BCUT2D eigenvalue weighted by atomic mass is 16.6. The molecule has 0 bridgehead atoms. The Bertz CT molecular complexity index is 3980. The van der Waals surface area contributed by atoms with Gasteiger partial charge in [0.2, 0.25) is 0 Å². The second-order valence-electron chi connectivity index (χ2n) is 26.8. The summed E-state index contributed by atoms with van der Waals surface area (Å²) in [7, 11) is 0. The fourth-order valence-corrected chi connectivity index (χ4v) is 14.4. The fraction of sp³-hybridized carbons (Fsp3) is 0.514. The summed E-state index contributed by atoms with van der Waals surface area (Å²) < 4.78 is 46.3. The molecule has 0 amide bonds. The highest BCUT2D eigenvalue weighted by Gasteiger charge is 2.62. The molecule has 0 spiro atoms. The summed E-state index contributed by atoms with van der Waals surface area (Å²) in [5.74, 6) is -3.60. The number of ketones is 2. The van der Waals surface area contributed by atoms with Gasteiger partial charge in [-0.1, -0.05) is 20.8 Å². The summed E-state index contributed by atoms with van der Waals surface area (Å²) in [6.07, 6.45) is 9.35. The van der Waals surface area contributed by atoms with Gasteiger partial charge < -0.3 is 62.5 Å². The maximum Gasteiger partial charge on any atom is 0.351 e. The zero-order valence-electron chi connectivity index (χ0n) is 54.0. The van der Waals surface area contributed by atoms with Gasteiger partial charge in [-0.05, 0) is 153 Å². The molecule has 3 saturated carbocycles. The molecule has 23 nitrogen and oxygen atoms in total. The van der Waals surface area contributed by atoms with E-state index in [9.17, 15) is 59.1 Å². The Morgan fingerprint density at radius 1 is 0.527 bits per heavy atom. The van der Waals surface area contributed by atoms with E-state index in [0.29, 0.717) is 74.5 Å². The first-order valence-electron chi connectivity index (χ1n) is 31.6.